The molecule has 1 saturated heterocycles. The van der Waals surface area contributed by atoms with Gasteiger partial charge in [-0.2, -0.15) is 0 Å². The molecule has 2 aromatic rings. The van der Waals surface area contributed by atoms with E-state index in [-0.39, 0.29) is 12.3 Å². The topological polar surface area (TPSA) is 82.8 Å². The van der Waals surface area contributed by atoms with Crippen LogP contribution in [0.5, 0.6) is 0 Å². The van der Waals surface area contributed by atoms with Crippen LogP contribution >= 0.6 is 0 Å². The van der Waals surface area contributed by atoms with Gasteiger partial charge in [-0.05, 0) is 37.9 Å². The fraction of sp³-hybridized carbons (Fsp3) is 0.368. The number of benzene rings is 1. The zero-order valence-electron chi connectivity index (χ0n) is 14.2. The SMILES string of the molecule is Cc1ccoc1C(=O)N[C@]1(C(=O)O)CCCN(Cc2ccccc2)C1. The van der Waals surface area contributed by atoms with Crippen molar-refractivity contribution in [1.29, 1.82) is 0 Å². The summed E-state index contributed by atoms with van der Waals surface area (Å²) in [6.45, 7) is 3.49. The molecule has 1 aliphatic heterocycles. The molecule has 0 unspecified atom stereocenters. The number of nitrogens with zero attached hydrogens (tertiary/aromatic N) is 1. The Morgan fingerprint density at radius 1 is 1.28 bits per heavy atom. The molecule has 1 fully saturated rings. The monoisotopic (exact) mass is 342 g/mol. The van der Waals surface area contributed by atoms with E-state index < -0.39 is 17.4 Å². The van der Waals surface area contributed by atoms with Gasteiger partial charge in [0, 0.05) is 18.7 Å². The van der Waals surface area contributed by atoms with Gasteiger partial charge >= 0.3 is 5.97 Å². The molecule has 0 aliphatic carbocycles. The van der Waals surface area contributed by atoms with Crippen molar-refractivity contribution in [2.45, 2.75) is 31.8 Å². The molecule has 0 radical (unpaired) electrons. The highest BCUT2D eigenvalue weighted by Gasteiger charge is 2.44. The van der Waals surface area contributed by atoms with E-state index in [1.165, 1.54) is 6.26 Å². The Kier molecular flexibility index (Phi) is 4.90. The second-order valence-corrected chi connectivity index (χ2v) is 6.57. The van der Waals surface area contributed by atoms with Gasteiger partial charge < -0.3 is 14.8 Å². The van der Waals surface area contributed by atoms with Crippen molar-refractivity contribution in [3.05, 3.63) is 59.5 Å². The van der Waals surface area contributed by atoms with Crippen LogP contribution in [0.2, 0.25) is 0 Å². The molecular formula is C19H22N2O4. The first-order chi connectivity index (χ1) is 12.0. The third-order valence-corrected chi connectivity index (χ3v) is 4.65. The predicted octanol–water partition coefficient (Wildman–Crippen LogP) is 2.44. The predicted molar refractivity (Wildman–Crippen MR) is 92.2 cm³/mol. The second-order valence-electron chi connectivity index (χ2n) is 6.57. The summed E-state index contributed by atoms with van der Waals surface area (Å²) >= 11 is 0. The van der Waals surface area contributed by atoms with Gasteiger partial charge in [-0.15, -0.1) is 0 Å². The third-order valence-electron chi connectivity index (χ3n) is 4.65. The van der Waals surface area contributed by atoms with Crippen LogP contribution in [0.25, 0.3) is 0 Å². The van der Waals surface area contributed by atoms with E-state index in [0.29, 0.717) is 24.9 Å². The Balaban J connectivity index is 1.76. The lowest BCUT2D eigenvalue weighted by atomic mass is 9.88. The maximum atomic E-state index is 12.5. The number of carbonyl (C=O) groups excluding carboxylic acids is 1. The third kappa shape index (κ3) is 3.74. The zero-order valence-corrected chi connectivity index (χ0v) is 14.2. The van der Waals surface area contributed by atoms with E-state index in [9.17, 15) is 14.7 Å². The number of rotatable bonds is 5. The highest BCUT2D eigenvalue weighted by Crippen LogP contribution is 2.24. The van der Waals surface area contributed by atoms with Crippen LogP contribution in [-0.2, 0) is 11.3 Å². The maximum absolute atomic E-state index is 12.5. The molecule has 6 heteroatoms. The summed E-state index contributed by atoms with van der Waals surface area (Å²) in [4.78, 5) is 26.5. The Bertz CT molecular complexity index is 756. The lowest BCUT2D eigenvalue weighted by Gasteiger charge is -2.40. The molecule has 6 nitrogen and oxygen atoms in total. The molecule has 0 bridgehead atoms. The van der Waals surface area contributed by atoms with Crippen LogP contribution in [0, 0.1) is 6.92 Å². The number of carbonyl (C=O) groups is 2. The molecule has 1 aliphatic rings. The Labute approximate surface area is 146 Å². The smallest absolute Gasteiger partial charge is 0.330 e. The van der Waals surface area contributed by atoms with Crippen LogP contribution in [0.4, 0.5) is 0 Å². The number of amides is 1. The van der Waals surface area contributed by atoms with Crippen LogP contribution < -0.4 is 5.32 Å². The van der Waals surface area contributed by atoms with Crippen molar-refractivity contribution < 1.29 is 19.1 Å². The summed E-state index contributed by atoms with van der Waals surface area (Å²) < 4.78 is 5.20. The average Bonchev–Trinajstić information content (AvgIpc) is 3.02. The Morgan fingerprint density at radius 3 is 2.68 bits per heavy atom. The Hall–Kier alpha value is -2.60. The van der Waals surface area contributed by atoms with Crippen LogP contribution in [-0.4, -0.2) is 40.5 Å². The van der Waals surface area contributed by atoms with Crippen molar-refractivity contribution in [1.82, 2.24) is 10.2 Å². The van der Waals surface area contributed by atoms with Gasteiger partial charge in [0.1, 0.15) is 0 Å². The molecule has 25 heavy (non-hydrogen) atoms. The van der Waals surface area contributed by atoms with Gasteiger partial charge in [-0.1, -0.05) is 30.3 Å². The lowest BCUT2D eigenvalue weighted by molar-refractivity contribution is -0.147. The normalized spacial score (nSPS) is 21.0. The number of piperidine rings is 1. The minimum Gasteiger partial charge on any atom is -0.479 e. The van der Waals surface area contributed by atoms with Gasteiger partial charge in [0.15, 0.2) is 11.3 Å². The molecule has 2 heterocycles. The number of hydrogen-bond donors (Lipinski definition) is 2. The Morgan fingerprint density at radius 2 is 2.04 bits per heavy atom. The van der Waals surface area contributed by atoms with Crippen molar-refractivity contribution in [2.75, 3.05) is 13.1 Å². The van der Waals surface area contributed by atoms with Crippen molar-refractivity contribution in [3.63, 3.8) is 0 Å². The van der Waals surface area contributed by atoms with Crippen molar-refractivity contribution >= 4 is 11.9 Å². The minimum atomic E-state index is -1.30. The molecule has 0 saturated carbocycles. The van der Waals surface area contributed by atoms with E-state index in [2.05, 4.69) is 10.2 Å². The van der Waals surface area contributed by atoms with E-state index in [1.807, 2.05) is 30.3 Å². The van der Waals surface area contributed by atoms with Gasteiger partial charge in [0.2, 0.25) is 0 Å². The summed E-state index contributed by atoms with van der Waals surface area (Å²) in [6, 6.07) is 11.6. The number of carboxylic acid groups (broad SMARTS) is 1. The summed E-state index contributed by atoms with van der Waals surface area (Å²) in [7, 11) is 0. The molecular weight excluding hydrogens is 320 g/mol. The number of likely N-dealkylation sites (tertiary alicyclic amines) is 1. The summed E-state index contributed by atoms with van der Waals surface area (Å²) in [6.07, 6.45) is 2.54. The van der Waals surface area contributed by atoms with E-state index in [1.54, 1.807) is 13.0 Å². The summed E-state index contributed by atoms with van der Waals surface area (Å²) in [5.41, 5.74) is 0.510. The number of aliphatic carboxylic acids is 1. The van der Waals surface area contributed by atoms with Crippen LogP contribution in [0.1, 0.15) is 34.5 Å². The highest BCUT2D eigenvalue weighted by molar-refractivity contribution is 5.97. The summed E-state index contributed by atoms with van der Waals surface area (Å²) in [5.74, 6) is -1.32. The lowest BCUT2D eigenvalue weighted by Crippen LogP contribution is -2.63. The van der Waals surface area contributed by atoms with Gasteiger partial charge in [0.05, 0.1) is 6.26 Å². The van der Waals surface area contributed by atoms with Crippen LogP contribution in [0.3, 0.4) is 0 Å². The first-order valence-corrected chi connectivity index (χ1v) is 8.36. The fourth-order valence-electron chi connectivity index (χ4n) is 3.33. The standard InChI is InChI=1S/C19H22N2O4/c1-14-8-11-25-16(14)17(22)20-19(18(23)24)9-5-10-21(13-19)12-15-6-3-2-4-7-15/h2-4,6-8,11H,5,9-10,12-13H2,1H3,(H,20,22)(H,23,24)/t19-/m1/s1. The molecule has 1 amide bonds. The number of aryl methyl sites for hydroxylation is 1. The van der Waals surface area contributed by atoms with E-state index >= 15 is 0 Å². The maximum Gasteiger partial charge on any atom is 0.330 e. The quantitative estimate of drug-likeness (QED) is 0.872. The first kappa shape index (κ1) is 17.2. The number of hydrogen-bond acceptors (Lipinski definition) is 4. The van der Waals surface area contributed by atoms with Gasteiger partial charge in [-0.3, -0.25) is 9.69 Å². The van der Waals surface area contributed by atoms with Gasteiger partial charge in [0.25, 0.3) is 5.91 Å². The number of nitrogens with one attached hydrogen (secondary N) is 1. The second kappa shape index (κ2) is 7.11. The fourth-order valence-corrected chi connectivity index (χ4v) is 3.33. The largest absolute Gasteiger partial charge is 0.479 e. The first-order valence-electron chi connectivity index (χ1n) is 8.36. The number of carboxylic acids is 1. The molecule has 132 valence electrons. The number of furan rings is 1. The molecule has 2 N–H and O–H groups in total. The highest BCUT2D eigenvalue weighted by atomic mass is 16.4. The van der Waals surface area contributed by atoms with E-state index in [4.69, 9.17) is 4.42 Å². The molecule has 1 atom stereocenters. The zero-order chi connectivity index (χ0) is 17.9. The molecule has 1 aromatic heterocycles. The van der Waals surface area contributed by atoms with Crippen molar-refractivity contribution in [3.8, 4) is 0 Å². The van der Waals surface area contributed by atoms with Crippen LogP contribution in [0.15, 0.2) is 47.1 Å². The molecule has 0 spiro atoms. The molecule has 1 aromatic carbocycles. The summed E-state index contributed by atoms with van der Waals surface area (Å²) in [5, 5.41) is 12.5. The minimum absolute atomic E-state index is 0.167. The van der Waals surface area contributed by atoms with E-state index in [0.717, 1.165) is 12.1 Å². The molecule has 3 rings (SSSR count). The average molecular weight is 342 g/mol. The van der Waals surface area contributed by atoms with Gasteiger partial charge in [-0.25, -0.2) is 4.79 Å². The van der Waals surface area contributed by atoms with Crippen molar-refractivity contribution in [2.24, 2.45) is 0 Å².